The molecule has 0 radical (unpaired) electrons. The van der Waals surface area contributed by atoms with Crippen molar-refractivity contribution < 1.29 is 0 Å². The molecule has 1 saturated heterocycles. The van der Waals surface area contributed by atoms with Crippen LogP contribution in [0.15, 0.2) is 42.5 Å². The molecule has 1 aliphatic carbocycles. The van der Waals surface area contributed by atoms with Gasteiger partial charge in [-0.25, -0.2) is 4.98 Å². The van der Waals surface area contributed by atoms with Crippen LogP contribution in [0.2, 0.25) is 0 Å². The fourth-order valence-electron chi connectivity index (χ4n) is 5.54. The molecule has 3 heterocycles. The van der Waals surface area contributed by atoms with Gasteiger partial charge in [0, 0.05) is 31.1 Å². The van der Waals surface area contributed by atoms with Gasteiger partial charge in [-0.3, -0.25) is 4.90 Å². The average Bonchev–Trinajstić information content (AvgIpc) is 3.11. The highest BCUT2D eigenvalue weighted by Gasteiger charge is 2.42. The van der Waals surface area contributed by atoms with Crippen LogP contribution in [0.5, 0.6) is 0 Å². The summed E-state index contributed by atoms with van der Waals surface area (Å²) in [5.41, 5.74) is 6.35. The molecule has 3 heteroatoms. The Morgan fingerprint density at radius 1 is 0.852 bits per heavy atom. The fraction of sp³-hybridized carbons (Fsp3) is 0.458. The molecule has 0 amide bonds. The fourth-order valence-corrected chi connectivity index (χ4v) is 5.54. The lowest BCUT2D eigenvalue weighted by atomic mass is 9.90. The number of hydrogen-bond acceptors (Lipinski definition) is 2. The smallest absolute Gasteiger partial charge is 0.111 e. The minimum absolute atomic E-state index is 0.718. The molecule has 0 N–H and O–H groups in total. The molecule has 2 atom stereocenters. The van der Waals surface area contributed by atoms with E-state index in [4.69, 9.17) is 4.98 Å². The van der Waals surface area contributed by atoms with E-state index in [1.54, 1.807) is 0 Å². The van der Waals surface area contributed by atoms with Gasteiger partial charge < -0.3 is 4.57 Å². The minimum atomic E-state index is 0.718. The molecule has 27 heavy (non-hydrogen) atoms. The highest BCUT2D eigenvalue weighted by molar-refractivity contribution is 5.82. The third kappa shape index (κ3) is 2.48. The van der Waals surface area contributed by atoms with Crippen molar-refractivity contribution in [3.63, 3.8) is 0 Å². The Kier molecular flexibility index (Phi) is 3.49. The molecule has 1 aromatic heterocycles. The summed E-state index contributed by atoms with van der Waals surface area (Å²) in [6.45, 7) is 3.27. The molecule has 3 aliphatic rings. The molecular formula is C24H27N3. The predicted octanol–water partition coefficient (Wildman–Crippen LogP) is 4.95. The van der Waals surface area contributed by atoms with Crippen molar-refractivity contribution in [3.05, 3.63) is 53.9 Å². The van der Waals surface area contributed by atoms with Gasteiger partial charge in [-0.2, -0.15) is 0 Å². The summed E-state index contributed by atoms with van der Waals surface area (Å²) >= 11 is 0. The SMILES string of the molecule is Cc1ccc(-c2ccc3c(c2)nc2n3CC3CCC(C2)N3C2CCC2)cc1. The number of nitrogens with zero attached hydrogens (tertiary/aromatic N) is 3. The quantitative estimate of drug-likeness (QED) is 0.647. The van der Waals surface area contributed by atoms with E-state index < -0.39 is 0 Å². The normalized spacial score (nSPS) is 25.4. The number of imidazole rings is 1. The summed E-state index contributed by atoms with van der Waals surface area (Å²) in [6, 6.07) is 18.0. The third-order valence-corrected chi connectivity index (χ3v) is 7.20. The van der Waals surface area contributed by atoms with Crippen LogP contribution >= 0.6 is 0 Å². The van der Waals surface area contributed by atoms with Gasteiger partial charge in [0.15, 0.2) is 0 Å². The monoisotopic (exact) mass is 357 g/mol. The zero-order valence-corrected chi connectivity index (χ0v) is 16.1. The molecule has 0 spiro atoms. The van der Waals surface area contributed by atoms with Crippen LogP contribution in [0.3, 0.4) is 0 Å². The zero-order valence-electron chi connectivity index (χ0n) is 16.1. The van der Waals surface area contributed by atoms with E-state index >= 15 is 0 Å². The second-order valence-electron chi connectivity index (χ2n) is 8.83. The second kappa shape index (κ2) is 5.93. The van der Waals surface area contributed by atoms with Crippen LogP contribution in [-0.2, 0) is 13.0 Å². The average molecular weight is 358 g/mol. The van der Waals surface area contributed by atoms with E-state index in [0.717, 1.165) is 31.1 Å². The maximum atomic E-state index is 5.11. The molecule has 1 saturated carbocycles. The number of rotatable bonds is 2. The minimum Gasteiger partial charge on any atom is -0.326 e. The van der Waals surface area contributed by atoms with Gasteiger partial charge in [0.25, 0.3) is 0 Å². The Balaban J connectivity index is 1.38. The molecule has 2 fully saturated rings. The third-order valence-electron chi connectivity index (χ3n) is 7.20. The Morgan fingerprint density at radius 3 is 2.41 bits per heavy atom. The van der Waals surface area contributed by atoms with Crippen molar-refractivity contribution in [2.24, 2.45) is 0 Å². The summed E-state index contributed by atoms with van der Waals surface area (Å²) in [6.07, 6.45) is 8.10. The van der Waals surface area contributed by atoms with Crippen LogP contribution in [0.1, 0.15) is 43.5 Å². The van der Waals surface area contributed by atoms with Crippen molar-refractivity contribution in [1.29, 1.82) is 0 Å². The maximum Gasteiger partial charge on any atom is 0.111 e. The van der Waals surface area contributed by atoms with E-state index in [1.165, 1.54) is 65.7 Å². The summed E-state index contributed by atoms with van der Waals surface area (Å²) in [4.78, 5) is 7.99. The summed E-state index contributed by atoms with van der Waals surface area (Å²) < 4.78 is 2.53. The van der Waals surface area contributed by atoms with Crippen molar-refractivity contribution in [2.45, 2.75) is 70.1 Å². The Labute approximate surface area is 161 Å². The maximum absolute atomic E-state index is 5.11. The first kappa shape index (κ1) is 15.9. The highest BCUT2D eigenvalue weighted by Crippen LogP contribution is 2.39. The topological polar surface area (TPSA) is 21.1 Å². The highest BCUT2D eigenvalue weighted by atomic mass is 15.3. The summed E-state index contributed by atoms with van der Waals surface area (Å²) in [5, 5.41) is 0. The lowest BCUT2D eigenvalue weighted by Gasteiger charge is -2.41. The van der Waals surface area contributed by atoms with E-state index in [2.05, 4.69) is 58.9 Å². The van der Waals surface area contributed by atoms with E-state index in [0.29, 0.717) is 0 Å². The summed E-state index contributed by atoms with van der Waals surface area (Å²) in [7, 11) is 0. The number of aromatic nitrogens is 2. The molecule has 6 rings (SSSR count). The van der Waals surface area contributed by atoms with Gasteiger partial charge in [-0.15, -0.1) is 0 Å². The second-order valence-corrected chi connectivity index (χ2v) is 8.83. The van der Waals surface area contributed by atoms with E-state index in [9.17, 15) is 0 Å². The molecule has 2 aromatic carbocycles. The predicted molar refractivity (Wildman–Crippen MR) is 110 cm³/mol. The van der Waals surface area contributed by atoms with Gasteiger partial charge in [-0.1, -0.05) is 42.3 Å². The standard InChI is InChI=1S/C24H27N3/c1-16-5-7-17(8-6-16)18-9-12-23-22(13-18)25-24-14-20-10-11-21(15-26(23)24)27(20)19-3-2-4-19/h5-9,12-13,19-21H,2-4,10-11,14-15H2,1H3. The number of aryl methyl sites for hydroxylation is 1. The van der Waals surface area contributed by atoms with Gasteiger partial charge >= 0.3 is 0 Å². The van der Waals surface area contributed by atoms with Crippen molar-refractivity contribution in [1.82, 2.24) is 14.5 Å². The zero-order chi connectivity index (χ0) is 18.0. The Morgan fingerprint density at radius 2 is 1.63 bits per heavy atom. The lowest BCUT2D eigenvalue weighted by Crippen LogP contribution is -2.48. The molecule has 2 unspecified atom stereocenters. The molecule has 2 bridgehead atoms. The van der Waals surface area contributed by atoms with Crippen LogP contribution in [-0.4, -0.2) is 32.6 Å². The summed E-state index contributed by atoms with van der Waals surface area (Å²) in [5.74, 6) is 1.31. The van der Waals surface area contributed by atoms with Crippen molar-refractivity contribution in [3.8, 4) is 11.1 Å². The first-order valence-electron chi connectivity index (χ1n) is 10.6. The van der Waals surface area contributed by atoms with E-state index in [1.807, 2.05) is 0 Å². The van der Waals surface area contributed by atoms with Crippen molar-refractivity contribution >= 4 is 11.0 Å². The largest absolute Gasteiger partial charge is 0.326 e. The van der Waals surface area contributed by atoms with E-state index in [-0.39, 0.29) is 0 Å². The molecule has 3 aromatic rings. The molecule has 2 aliphatic heterocycles. The van der Waals surface area contributed by atoms with Crippen LogP contribution < -0.4 is 0 Å². The van der Waals surface area contributed by atoms with Gasteiger partial charge in [-0.05, 0) is 55.9 Å². The van der Waals surface area contributed by atoms with Crippen LogP contribution in [0.4, 0.5) is 0 Å². The lowest BCUT2D eigenvalue weighted by molar-refractivity contribution is 0.0739. The molecule has 3 nitrogen and oxygen atoms in total. The molecular weight excluding hydrogens is 330 g/mol. The number of fused-ring (bicyclic) bond motifs is 5. The number of benzene rings is 2. The molecule has 138 valence electrons. The Hall–Kier alpha value is -2.13. The van der Waals surface area contributed by atoms with Gasteiger partial charge in [0.05, 0.1) is 11.0 Å². The van der Waals surface area contributed by atoms with Crippen molar-refractivity contribution in [2.75, 3.05) is 0 Å². The number of hydrogen-bond donors (Lipinski definition) is 0. The van der Waals surface area contributed by atoms with Gasteiger partial charge in [0.1, 0.15) is 5.82 Å². The first-order chi connectivity index (χ1) is 13.3. The van der Waals surface area contributed by atoms with Crippen LogP contribution in [0, 0.1) is 6.92 Å². The van der Waals surface area contributed by atoms with Crippen LogP contribution in [0.25, 0.3) is 22.2 Å². The first-order valence-corrected chi connectivity index (χ1v) is 10.6. The Bertz CT molecular complexity index is 996. The van der Waals surface area contributed by atoms with Gasteiger partial charge in [0.2, 0.25) is 0 Å².